The van der Waals surface area contributed by atoms with E-state index in [1.807, 2.05) is 70.1 Å². The number of carbonyl (C=O) groups is 1. The first-order valence-corrected chi connectivity index (χ1v) is 11.9. The Morgan fingerprint density at radius 3 is 2.45 bits per heavy atom. The topological polar surface area (TPSA) is 73.4 Å². The van der Waals surface area contributed by atoms with E-state index in [0.29, 0.717) is 17.3 Å². The molecule has 3 heterocycles. The minimum Gasteiger partial charge on any atom is -0.497 e. The number of hydrogen-bond donors (Lipinski definition) is 0. The molecule has 1 aliphatic heterocycles. The van der Waals surface area contributed by atoms with Crippen molar-refractivity contribution in [1.29, 1.82) is 0 Å². The maximum absolute atomic E-state index is 12.6. The predicted octanol–water partition coefficient (Wildman–Crippen LogP) is 5.06. The molecule has 2 aromatic carbocycles. The van der Waals surface area contributed by atoms with Crippen molar-refractivity contribution >= 4 is 17.7 Å². The molecule has 0 spiro atoms. The molecule has 1 fully saturated rings. The average molecular weight is 461 g/mol. The van der Waals surface area contributed by atoms with Crippen LogP contribution in [0.2, 0.25) is 0 Å². The first-order chi connectivity index (χ1) is 16.2. The summed E-state index contributed by atoms with van der Waals surface area (Å²) in [4.78, 5) is 14.5. The molecule has 7 nitrogen and oxygen atoms in total. The number of aromatic nitrogens is 3. The van der Waals surface area contributed by atoms with Crippen LogP contribution in [-0.2, 0) is 5.75 Å². The van der Waals surface area contributed by atoms with Crippen LogP contribution in [0.1, 0.15) is 28.8 Å². The average Bonchev–Trinajstić information content (AvgIpc) is 3.64. The Hall–Kier alpha value is -3.52. The number of hydrogen-bond acceptors (Lipinski definition) is 6. The summed E-state index contributed by atoms with van der Waals surface area (Å²) in [7, 11) is 1.65. The Morgan fingerprint density at radius 2 is 1.79 bits per heavy atom. The number of carbonyl (C=O) groups excluding carboxylic acids is 1. The summed E-state index contributed by atoms with van der Waals surface area (Å²) >= 11 is 1.58. The second kappa shape index (κ2) is 9.54. The lowest BCUT2D eigenvalue weighted by Crippen LogP contribution is -2.27. The summed E-state index contributed by atoms with van der Waals surface area (Å²) in [6, 6.07) is 19.3. The molecule has 1 saturated heterocycles. The highest BCUT2D eigenvalue weighted by Crippen LogP contribution is 2.30. The van der Waals surface area contributed by atoms with Crippen LogP contribution in [0.15, 0.2) is 76.5 Å². The molecule has 0 aliphatic carbocycles. The summed E-state index contributed by atoms with van der Waals surface area (Å²) in [5, 5.41) is 9.57. The number of amides is 1. The number of nitrogens with zero attached hydrogens (tertiary/aromatic N) is 4. The van der Waals surface area contributed by atoms with Gasteiger partial charge in [-0.15, -0.1) is 10.2 Å². The van der Waals surface area contributed by atoms with Gasteiger partial charge in [0.05, 0.1) is 19.1 Å². The second-order valence-corrected chi connectivity index (χ2v) is 8.74. The van der Waals surface area contributed by atoms with Crippen molar-refractivity contribution in [2.45, 2.75) is 23.8 Å². The molecule has 0 N–H and O–H groups in total. The minimum absolute atomic E-state index is 0.119. The van der Waals surface area contributed by atoms with E-state index >= 15 is 0 Å². The maximum atomic E-state index is 12.6. The monoisotopic (exact) mass is 460 g/mol. The number of rotatable bonds is 7. The molecule has 8 heteroatoms. The summed E-state index contributed by atoms with van der Waals surface area (Å²) in [5.74, 6) is 2.89. The molecule has 4 aromatic rings. The molecule has 0 radical (unpaired) electrons. The smallest absolute Gasteiger partial charge is 0.253 e. The number of benzene rings is 2. The van der Waals surface area contributed by atoms with Gasteiger partial charge >= 0.3 is 0 Å². The van der Waals surface area contributed by atoms with Crippen molar-refractivity contribution < 1.29 is 13.9 Å². The van der Waals surface area contributed by atoms with Gasteiger partial charge < -0.3 is 14.1 Å². The Morgan fingerprint density at radius 1 is 1.03 bits per heavy atom. The van der Waals surface area contributed by atoms with Crippen LogP contribution >= 0.6 is 11.8 Å². The van der Waals surface area contributed by atoms with Crippen LogP contribution in [-0.4, -0.2) is 45.8 Å². The zero-order valence-corrected chi connectivity index (χ0v) is 19.1. The Kier molecular flexibility index (Phi) is 6.17. The van der Waals surface area contributed by atoms with Crippen LogP contribution in [0.25, 0.3) is 17.3 Å². The summed E-state index contributed by atoms with van der Waals surface area (Å²) < 4.78 is 12.9. The molecule has 5 rings (SSSR count). The largest absolute Gasteiger partial charge is 0.497 e. The molecule has 0 unspecified atom stereocenters. The van der Waals surface area contributed by atoms with Crippen molar-refractivity contribution in [1.82, 2.24) is 19.7 Å². The number of ether oxygens (including phenoxy) is 1. The third-order valence-electron chi connectivity index (χ3n) is 5.67. The van der Waals surface area contributed by atoms with Crippen LogP contribution in [0, 0.1) is 0 Å². The van der Waals surface area contributed by atoms with E-state index in [1.54, 1.807) is 25.1 Å². The van der Waals surface area contributed by atoms with Gasteiger partial charge in [-0.2, -0.15) is 0 Å². The SMILES string of the molecule is COc1ccc(-n2c(SCc3ccc(C(=O)N4CCCC4)cc3)nnc2-c2ccco2)cc1. The van der Waals surface area contributed by atoms with E-state index < -0.39 is 0 Å². The van der Waals surface area contributed by atoms with Crippen LogP contribution in [0.4, 0.5) is 0 Å². The number of likely N-dealkylation sites (tertiary alicyclic amines) is 1. The van der Waals surface area contributed by atoms with Crippen LogP contribution in [0.3, 0.4) is 0 Å². The lowest BCUT2D eigenvalue weighted by atomic mass is 10.1. The van der Waals surface area contributed by atoms with E-state index in [2.05, 4.69) is 10.2 Å². The van der Waals surface area contributed by atoms with Gasteiger partial charge in [-0.05, 0) is 66.9 Å². The lowest BCUT2D eigenvalue weighted by Gasteiger charge is -2.15. The van der Waals surface area contributed by atoms with E-state index in [9.17, 15) is 4.79 Å². The van der Waals surface area contributed by atoms with Crippen LogP contribution in [0.5, 0.6) is 5.75 Å². The molecule has 168 valence electrons. The summed E-state index contributed by atoms with van der Waals surface area (Å²) in [6.07, 6.45) is 3.81. The third-order valence-corrected chi connectivity index (χ3v) is 6.67. The van der Waals surface area contributed by atoms with Crippen LogP contribution < -0.4 is 4.74 Å². The quantitative estimate of drug-likeness (QED) is 0.359. The highest BCUT2D eigenvalue weighted by atomic mass is 32.2. The first-order valence-electron chi connectivity index (χ1n) is 10.9. The van der Waals surface area contributed by atoms with E-state index in [0.717, 1.165) is 53.7 Å². The predicted molar refractivity (Wildman–Crippen MR) is 127 cm³/mol. The van der Waals surface area contributed by atoms with Crippen molar-refractivity contribution in [2.24, 2.45) is 0 Å². The summed E-state index contributed by atoms with van der Waals surface area (Å²) in [5.41, 5.74) is 2.77. The van der Waals surface area contributed by atoms with Gasteiger partial charge in [0.25, 0.3) is 5.91 Å². The van der Waals surface area contributed by atoms with Gasteiger partial charge in [0.1, 0.15) is 5.75 Å². The number of thioether (sulfide) groups is 1. The second-order valence-electron chi connectivity index (χ2n) is 7.80. The Bertz CT molecular complexity index is 1210. The molecular formula is C25H24N4O3S. The van der Waals surface area contributed by atoms with Crippen molar-refractivity contribution in [3.05, 3.63) is 78.1 Å². The van der Waals surface area contributed by atoms with Gasteiger partial charge in [-0.1, -0.05) is 23.9 Å². The van der Waals surface area contributed by atoms with Gasteiger partial charge in [0.2, 0.25) is 5.82 Å². The fourth-order valence-electron chi connectivity index (χ4n) is 3.89. The van der Waals surface area contributed by atoms with Gasteiger partial charge in [0.15, 0.2) is 10.9 Å². The normalized spacial score (nSPS) is 13.4. The molecule has 1 aliphatic rings. The molecule has 33 heavy (non-hydrogen) atoms. The highest BCUT2D eigenvalue weighted by Gasteiger charge is 2.20. The molecule has 1 amide bonds. The van der Waals surface area contributed by atoms with Crippen molar-refractivity contribution in [3.63, 3.8) is 0 Å². The van der Waals surface area contributed by atoms with E-state index in [-0.39, 0.29) is 5.91 Å². The fourth-order valence-corrected chi connectivity index (χ4v) is 4.79. The van der Waals surface area contributed by atoms with E-state index in [1.165, 1.54) is 0 Å². The summed E-state index contributed by atoms with van der Waals surface area (Å²) in [6.45, 7) is 1.71. The zero-order valence-electron chi connectivity index (χ0n) is 18.3. The molecule has 0 bridgehead atoms. The van der Waals surface area contributed by atoms with Gasteiger partial charge in [0, 0.05) is 24.4 Å². The van der Waals surface area contributed by atoms with Gasteiger partial charge in [-0.3, -0.25) is 9.36 Å². The highest BCUT2D eigenvalue weighted by molar-refractivity contribution is 7.98. The number of furan rings is 1. The van der Waals surface area contributed by atoms with Crippen molar-refractivity contribution in [3.8, 4) is 23.0 Å². The lowest BCUT2D eigenvalue weighted by molar-refractivity contribution is 0.0793. The standard InChI is InChI=1S/C25H24N4O3S/c1-31-21-12-10-20(11-13-21)29-23(22-5-4-16-32-22)26-27-25(29)33-17-18-6-8-19(9-7-18)24(30)28-14-2-3-15-28/h4-13,16H,2-3,14-15,17H2,1H3. The van der Waals surface area contributed by atoms with Crippen molar-refractivity contribution in [2.75, 3.05) is 20.2 Å². The molecule has 2 aromatic heterocycles. The maximum Gasteiger partial charge on any atom is 0.253 e. The number of methoxy groups -OCH3 is 1. The molecule has 0 atom stereocenters. The molecule has 0 saturated carbocycles. The minimum atomic E-state index is 0.119. The third kappa shape index (κ3) is 4.52. The van der Waals surface area contributed by atoms with Gasteiger partial charge in [-0.25, -0.2) is 0 Å². The first kappa shape index (κ1) is 21.3. The zero-order chi connectivity index (χ0) is 22.6. The van der Waals surface area contributed by atoms with E-state index in [4.69, 9.17) is 9.15 Å². The molecular weight excluding hydrogens is 436 g/mol. The Labute approximate surface area is 196 Å². The fraction of sp³-hybridized carbons (Fsp3) is 0.240. The Balaban J connectivity index is 1.36.